The van der Waals surface area contributed by atoms with Crippen molar-refractivity contribution in [3.8, 4) is 11.4 Å². The Kier molecular flexibility index (Phi) is 5.63. The lowest BCUT2D eigenvalue weighted by molar-refractivity contribution is -0.116. The van der Waals surface area contributed by atoms with Gasteiger partial charge in [0, 0.05) is 25.5 Å². The van der Waals surface area contributed by atoms with Gasteiger partial charge in [0.1, 0.15) is 11.6 Å². The molecule has 0 aliphatic carbocycles. The standard InChI is InChI=1S/C19H18N6O4S/c1-10-3-4-11-8-12(18(27)20-13(11)7-10)17-22-15(29-25-17)6-5-14(26)21-19-24-23-16(30-19)9-28-2/h3-4,7-8H,5-6,9H2,1-2H3,(H,20,27)(H,21,24,26). The first-order chi connectivity index (χ1) is 14.5. The van der Waals surface area contributed by atoms with Crippen molar-refractivity contribution in [3.63, 3.8) is 0 Å². The number of aryl methyl sites for hydroxylation is 2. The molecule has 0 saturated heterocycles. The van der Waals surface area contributed by atoms with Crippen LogP contribution < -0.4 is 10.9 Å². The van der Waals surface area contributed by atoms with Crippen LogP contribution in [0, 0.1) is 6.92 Å². The zero-order valence-corrected chi connectivity index (χ0v) is 17.1. The zero-order valence-electron chi connectivity index (χ0n) is 16.3. The molecule has 0 aliphatic rings. The van der Waals surface area contributed by atoms with Crippen LogP contribution in [0.3, 0.4) is 0 Å². The molecular weight excluding hydrogens is 408 g/mol. The van der Waals surface area contributed by atoms with E-state index in [1.165, 1.54) is 11.3 Å². The first-order valence-corrected chi connectivity index (χ1v) is 9.91. The molecule has 1 amide bonds. The molecule has 4 aromatic rings. The van der Waals surface area contributed by atoms with E-state index >= 15 is 0 Å². The number of nitrogens with zero attached hydrogens (tertiary/aromatic N) is 4. The van der Waals surface area contributed by atoms with E-state index < -0.39 is 0 Å². The highest BCUT2D eigenvalue weighted by atomic mass is 32.1. The topological polar surface area (TPSA) is 136 Å². The average Bonchev–Trinajstić information content (AvgIpc) is 3.36. The van der Waals surface area contributed by atoms with Gasteiger partial charge in [-0.1, -0.05) is 28.6 Å². The normalized spacial score (nSPS) is 11.1. The van der Waals surface area contributed by atoms with E-state index in [1.807, 2.05) is 25.1 Å². The van der Waals surface area contributed by atoms with Crippen LogP contribution in [0.2, 0.25) is 0 Å². The average molecular weight is 426 g/mol. The number of methoxy groups -OCH3 is 1. The maximum absolute atomic E-state index is 12.4. The Morgan fingerprint density at radius 1 is 1.30 bits per heavy atom. The minimum Gasteiger partial charge on any atom is -0.377 e. The number of hydrogen-bond acceptors (Lipinski definition) is 9. The third kappa shape index (κ3) is 4.42. The van der Waals surface area contributed by atoms with Gasteiger partial charge in [-0.3, -0.25) is 9.59 Å². The van der Waals surface area contributed by atoms with Crippen molar-refractivity contribution >= 4 is 33.3 Å². The number of H-pyrrole nitrogens is 1. The number of anilines is 1. The summed E-state index contributed by atoms with van der Waals surface area (Å²) >= 11 is 1.24. The third-order valence-corrected chi connectivity index (χ3v) is 5.07. The van der Waals surface area contributed by atoms with Crippen molar-refractivity contribution in [1.82, 2.24) is 25.3 Å². The molecule has 0 unspecified atom stereocenters. The summed E-state index contributed by atoms with van der Waals surface area (Å²) in [6, 6.07) is 7.50. The van der Waals surface area contributed by atoms with Gasteiger partial charge in [0.25, 0.3) is 5.56 Å². The fourth-order valence-electron chi connectivity index (χ4n) is 2.83. The van der Waals surface area contributed by atoms with Crippen LogP contribution in [-0.2, 0) is 22.6 Å². The Labute approximate surface area is 174 Å². The number of fused-ring (bicyclic) bond motifs is 1. The number of carbonyl (C=O) groups excluding carboxylic acids is 1. The molecule has 2 N–H and O–H groups in total. The molecule has 11 heteroatoms. The molecule has 0 fully saturated rings. The van der Waals surface area contributed by atoms with Gasteiger partial charge in [0.2, 0.25) is 22.8 Å². The number of aromatic nitrogens is 5. The predicted molar refractivity (Wildman–Crippen MR) is 110 cm³/mol. The number of aromatic amines is 1. The fourth-order valence-corrected chi connectivity index (χ4v) is 3.56. The van der Waals surface area contributed by atoms with Crippen molar-refractivity contribution < 1.29 is 14.1 Å². The fraction of sp³-hybridized carbons (Fsp3) is 0.263. The van der Waals surface area contributed by atoms with E-state index in [9.17, 15) is 9.59 Å². The highest BCUT2D eigenvalue weighted by Crippen LogP contribution is 2.19. The maximum atomic E-state index is 12.4. The Balaban J connectivity index is 1.42. The summed E-state index contributed by atoms with van der Waals surface area (Å²) in [7, 11) is 1.56. The maximum Gasteiger partial charge on any atom is 0.259 e. The number of benzene rings is 1. The first-order valence-electron chi connectivity index (χ1n) is 9.09. The van der Waals surface area contributed by atoms with Crippen molar-refractivity contribution in [1.29, 1.82) is 0 Å². The van der Waals surface area contributed by atoms with Crippen LogP contribution in [-0.4, -0.2) is 38.3 Å². The van der Waals surface area contributed by atoms with Crippen LogP contribution in [0.25, 0.3) is 22.3 Å². The second-order valence-corrected chi connectivity index (χ2v) is 7.66. The Bertz CT molecular complexity index is 1260. The molecule has 0 bridgehead atoms. The molecule has 4 rings (SSSR count). The number of carbonyl (C=O) groups is 1. The minimum atomic E-state index is -0.304. The van der Waals surface area contributed by atoms with Gasteiger partial charge in [-0.15, -0.1) is 10.2 Å². The predicted octanol–water partition coefficient (Wildman–Crippen LogP) is 2.46. The second kappa shape index (κ2) is 8.51. The van der Waals surface area contributed by atoms with Crippen LogP contribution in [0.5, 0.6) is 0 Å². The number of amides is 1. The van der Waals surface area contributed by atoms with Gasteiger partial charge in [0.15, 0.2) is 0 Å². The van der Waals surface area contributed by atoms with E-state index in [0.717, 1.165) is 16.5 Å². The van der Waals surface area contributed by atoms with E-state index in [-0.39, 0.29) is 36.0 Å². The first kappa shape index (κ1) is 19.9. The minimum absolute atomic E-state index is 0.119. The SMILES string of the molecule is COCc1nnc(NC(=O)CCc2nc(-c3cc4ccc(C)cc4[nH]c3=O)no2)s1. The lowest BCUT2D eigenvalue weighted by atomic mass is 10.1. The van der Waals surface area contributed by atoms with Gasteiger partial charge in [-0.2, -0.15) is 4.98 Å². The molecule has 0 spiro atoms. The summed E-state index contributed by atoms with van der Waals surface area (Å²) in [6.07, 6.45) is 0.349. The summed E-state index contributed by atoms with van der Waals surface area (Å²) in [5.41, 5.74) is 1.80. The smallest absolute Gasteiger partial charge is 0.259 e. The van der Waals surface area contributed by atoms with Crippen molar-refractivity contribution in [2.24, 2.45) is 0 Å². The number of nitrogens with one attached hydrogen (secondary N) is 2. The van der Waals surface area contributed by atoms with Crippen LogP contribution >= 0.6 is 11.3 Å². The number of rotatable bonds is 7. The van der Waals surface area contributed by atoms with Crippen molar-refractivity contribution in [2.75, 3.05) is 12.4 Å². The summed E-state index contributed by atoms with van der Waals surface area (Å²) < 4.78 is 10.2. The summed E-state index contributed by atoms with van der Waals surface area (Å²) in [4.78, 5) is 31.6. The molecule has 10 nitrogen and oxygen atoms in total. The molecule has 30 heavy (non-hydrogen) atoms. The van der Waals surface area contributed by atoms with Crippen LogP contribution in [0.4, 0.5) is 5.13 Å². The monoisotopic (exact) mass is 426 g/mol. The summed E-state index contributed by atoms with van der Waals surface area (Å²) in [5, 5.41) is 16.3. The number of hydrogen-bond donors (Lipinski definition) is 2. The highest BCUT2D eigenvalue weighted by molar-refractivity contribution is 7.15. The molecule has 0 atom stereocenters. The summed E-state index contributed by atoms with van der Waals surface area (Å²) in [5.74, 6) is 0.192. The van der Waals surface area contributed by atoms with Crippen molar-refractivity contribution in [3.05, 3.63) is 51.1 Å². The van der Waals surface area contributed by atoms with Crippen molar-refractivity contribution in [2.45, 2.75) is 26.4 Å². The molecule has 0 radical (unpaired) electrons. The number of ether oxygens (including phenoxy) is 1. The van der Waals surface area contributed by atoms with Crippen LogP contribution in [0.1, 0.15) is 22.9 Å². The van der Waals surface area contributed by atoms with Gasteiger partial charge in [0.05, 0.1) is 5.56 Å². The van der Waals surface area contributed by atoms with Gasteiger partial charge < -0.3 is 19.6 Å². The van der Waals surface area contributed by atoms with E-state index in [0.29, 0.717) is 22.3 Å². The highest BCUT2D eigenvalue weighted by Gasteiger charge is 2.15. The Morgan fingerprint density at radius 3 is 3.00 bits per heavy atom. The largest absolute Gasteiger partial charge is 0.377 e. The quantitative estimate of drug-likeness (QED) is 0.460. The number of pyridine rings is 1. The molecule has 1 aromatic carbocycles. The van der Waals surface area contributed by atoms with Gasteiger partial charge >= 0.3 is 0 Å². The Morgan fingerprint density at radius 2 is 2.17 bits per heavy atom. The second-order valence-electron chi connectivity index (χ2n) is 6.60. The lowest BCUT2D eigenvalue weighted by Crippen LogP contribution is -2.12. The molecule has 3 aromatic heterocycles. The zero-order chi connectivity index (χ0) is 21.1. The molecule has 0 aliphatic heterocycles. The van der Waals surface area contributed by atoms with E-state index in [2.05, 4.69) is 30.6 Å². The molecular formula is C19H18N6O4S. The molecule has 154 valence electrons. The third-order valence-electron chi connectivity index (χ3n) is 4.26. The van der Waals surface area contributed by atoms with Gasteiger partial charge in [-0.25, -0.2) is 0 Å². The van der Waals surface area contributed by atoms with E-state index in [4.69, 9.17) is 9.26 Å². The van der Waals surface area contributed by atoms with E-state index in [1.54, 1.807) is 13.2 Å². The lowest BCUT2D eigenvalue weighted by Gasteiger charge is -2.01. The van der Waals surface area contributed by atoms with Gasteiger partial charge in [-0.05, 0) is 30.0 Å². The molecule has 3 heterocycles. The Hall–Kier alpha value is -3.44. The van der Waals surface area contributed by atoms with Crippen LogP contribution in [0.15, 0.2) is 33.6 Å². The summed E-state index contributed by atoms with van der Waals surface area (Å²) in [6.45, 7) is 2.29. The molecule has 0 saturated carbocycles.